The second-order valence-corrected chi connectivity index (χ2v) is 3.58. The molecule has 82 valence electrons. The molecule has 5 nitrogen and oxygen atoms in total. The van der Waals surface area contributed by atoms with Crippen LogP contribution in [0.1, 0.15) is 27.2 Å². The number of rotatable bonds is 5. The third-order valence-electron chi connectivity index (χ3n) is 2.01. The van der Waals surface area contributed by atoms with Crippen molar-refractivity contribution in [2.75, 3.05) is 0 Å². The smallest absolute Gasteiger partial charge is 0.326 e. The highest BCUT2D eigenvalue weighted by atomic mass is 16.4. The van der Waals surface area contributed by atoms with Crippen molar-refractivity contribution in [2.45, 2.75) is 39.3 Å². The Bertz CT molecular complexity index is 216. The Labute approximate surface area is 83.7 Å². The Morgan fingerprint density at radius 3 is 2.21 bits per heavy atom. The maximum absolute atomic E-state index is 11.3. The number of carbonyl (C=O) groups excluding carboxylic acids is 1. The van der Waals surface area contributed by atoms with Gasteiger partial charge in [-0.1, -0.05) is 20.8 Å². The number of carboxylic acids is 1. The molecule has 5 heteroatoms. The van der Waals surface area contributed by atoms with E-state index in [2.05, 4.69) is 5.32 Å². The molecular weight excluding hydrogens is 184 g/mol. The minimum absolute atomic E-state index is 0.152. The van der Waals surface area contributed by atoms with Crippen molar-refractivity contribution in [3.63, 3.8) is 0 Å². The van der Waals surface area contributed by atoms with Gasteiger partial charge in [0.25, 0.3) is 0 Å². The van der Waals surface area contributed by atoms with E-state index in [1.807, 2.05) is 0 Å². The minimum Gasteiger partial charge on any atom is -0.480 e. The third kappa shape index (κ3) is 3.74. The van der Waals surface area contributed by atoms with Crippen molar-refractivity contribution in [2.24, 2.45) is 11.7 Å². The minimum atomic E-state index is -1.03. The van der Waals surface area contributed by atoms with Crippen LogP contribution in [0.25, 0.3) is 0 Å². The van der Waals surface area contributed by atoms with Crippen molar-refractivity contribution in [3.8, 4) is 0 Å². The van der Waals surface area contributed by atoms with Crippen LogP contribution in [0.4, 0.5) is 0 Å². The average molecular weight is 202 g/mol. The number of amides is 1. The summed E-state index contributed by atoms with van der Waals surface area (Å²) < 4.78 is 0. The van der Waals surface area contributed by atoms with Crippen LogP contribution in [0.5, 0.6) is 0 Å². The van der Waals surface area contributed by atoms with Crippen LogP contribution in [-0.2, 0) is 9.59 Å². The molecule has 14 heavy (non-hydrogen) atoms. The van der Waals surface area contributed by atoms with Gasteiger partial charge in [-0.2, -0.15) is 0 Å². The van der Waals surface area contributed by atoms with E-state index in [9.17, 15) is 9.59 Å². The van der Waals surface area contributed by atoms with E-state index < -0.39 is 24.0 Å². The first-order valence-electron chi connectivity index (χ1n) is 4.68. The zero-order chi connectivity index (χ0) is 11.3. The molecule has 0 aromatic rings. The first-order chi connectivity index (χ1) is 6.40. The first-order valence-corrected chi connectivity index (χ1v) is 4.68. The summed E-state index contributed by atoms with van der Waals surface area (Å²) in [5, 5.41) is 11.2. The Morgan fingerprint density at radius 1 is 1.43 bits per heavy atom. The normalized spacial score (nSPS) is 14.9. The number of nitrogens with one attached hydrogen (secondary N) is 1. The molecule has 0 aliphatic heterocycles. The van der Waals surface area contributed by atoms with Crippen molar-refractivity contribution in [1.29, 1.82) is 0 Å². The Balaban J connectivity index is 4.31. The van der Waals surface area contributed by atoms with Crippen molar-refractivity contribution in [1.82, 2.24) is 5.32 Å². The monoisotopic (exact) mass is 202 g/mol. The van der Waals surface area contributed by atoms with E-state index in [-0.39, 0.29) is 5.92 Å². The van der Waals surface area contributed by atoms with Crippen LogP contribution < -0.4 is 11.1 Å². The molecule has 0 saturated heterocycles. The molecule has 0 bridgehead atoms. The maximum atomic E-state index is 11.3. The third-order valence-corrected chi connectivity index (χ3v) is 2.01. The molecular formula is C9H18N2O3. The van der Waals surface area contributed by atoms with E-state index in [1.165, 1.54) is 0 Å². The molecule has 2 atom stereocenters. The van der Waals surface area contributed by atoms with Gasteiger partial charge < -0.3 is 16.2 Å². The summed E-state index contributed by atoms with van der Waals surface area (Å²) in [5.74, 6) is -1.59. The lowest BCUT2D eigenvalue weighted by Gasteiger charge is -2.19. The van der Waals surface area contributed by atoms with Crippen LogP contribution in [0.3, 0.4) is 0 Å². The van der Waals surface area contributed by atoms with Crippen molar-refractivity contribution >= 4 is 11.9 Å². The maximum Gasteiger partial charge on any atom is 0.326 e. The standard InChI is InChI=1S/C9H18N2O3/c1-4-6(10)8(12)11-7(5(2)3)9(13)14/h5-7H,4,10H2,1-3H3,(H,11,12)(H,13,14)/t6-,7-/m1/s1. The molecule has 0 aliphatic carbocycles. The van der Waals surface area contributed by atoms with Crippen LogP contribution in [0.15, 0.2) is 0 Å². The fourth-order valence-corrected chi connectivity index (χ4v) is 0.959. The summed E-state index contributed by atoms with van der Waals surface area (Å²) in [6, 6.07) is -1.49. The van der Waals surface area contributed by atoms with Crippen LogP contribution in [-0.4, -0.2) is 29.1 Å². The van der Waals surface area contributed by atoms with Gasteiger partial charge in [0, 0.05) is 0 Å². The summed E-state index contributed by atoms with van der Waals surface area (Å²) in [5.41, 5.74) is 5.46. The number of nitrogens with two attached hydrogens (primary N) is 1. The molecule has 0 unspecified atom stereocenters. The first kappa shape index (κ1) is 12.9. The highest BCUT2D eigenvalue weighted by Crippen LogP contribution is 2.02. The van der Waals surface area contributed by atoms with E-state index in [4.69, 9.17) is 10.8 Å². The molecule has 0 aromatic carbocycles. The second-order valence-electron chi connectivity index (χ2n) is 3.58. The molecule has 4 N–H and O–H groups in total. The van der Waals surface area contributed by atoms with Gasteiger partial charge in [-0.3, -0.25) is 4.79 Å². The van der Waals surface area contributed by atoms with Crippen LogP contribution in [0.2, 0.25) is 0 Å². The largest absolute Gasteiger partial charge is 0.480 e. The predicted octanol–water partition coefficient (Wildman–Crippen LogP) is -0.0509. The predicted molar refractivity (Wildman–Crippen MR) is 52.7 cm³/mol. The van der Waals surface area contributed by atoms with Gasteiger partial charge in [-0.25, -0.2) is 4.79 Å². The van der Waals surface area contributed by atoms with E-state index in [0.29, 0.717) is 6.42 Å². The fraction of sp³-hybridized carbons (Fsp3) is 0.778. The lowest BCUT2D eigenvalue weighted by atomic mass is 10.0. The molecule has 0 saturated carbocycles. The lowest BCUT2D eigenvalue weighted by Crippen LogP contribution is -2.50. The molecule has 0 fully saturated rings. The van der Waals surface area contributed by atoms with Gasteiger partial charge in [0.15, 0.2) is 0 Å². The van der Waals surface area contributed by atoms with Crippen molar-refractivity contribution in [3.05, 3.63) is 0 Å². The molecule has 0 radical (unpaired) electrons. The average Bonchev–Trinajstić information content (AvgIpc) is 2.11. The Hall–Kier alpha value is -1.10. The van der Waals surface area contributed by atoms with Gasteiger partial charge in [-0.15, -0.1) is 0 Å². The van der Waals surface area contributed by atoms with E-state index in [0.717, 1.165) is 0 Å². The quantitative estimate of drug-likeness (QED) is 0.582. The van der Waals surface area contributed by atoms with Gasteiger partial charge >= 0.3 is 5.97 Å². The summed E-state index contributed by atoms with van der Waals surface area (Å²) in [6.07, 6.45) is 0.496. The number of carbonyl (C=O) groups is 2. The topological polar surface area (TPSA) is 92.4 Å². The zero-order valence-electron chi connectivity index (χ0n) is 8.78. The zero-order valence-corrected chi connectivity index (χ0v) is 8.78. The van der Waals surface area contributed by atoms with Gasteiger partial charge in [0.05, 0.1) is 6.04 Å². The fourth-order valence-electron chi connectivity index (χ4n) is 0.959. The van der Waals surface area contributed by atoms with Gasteiger partial charge in [-0.05, 0) is 12.3 Å². The van der Waals surface area contributed by atoms with E-state index in [1.54, 1.807) is 20.8 Å². The van der Waals surface area contributed by atoms with Gasteiger partial charge in [0.1, 0.15) is 6.04 Å². The number of hydrogen-bond acceptors (Lipinski definition) is 3. The summed E-state index contributed by atoms with van der Waals surface area (Å²) in [7, 11) is 0. The second kappa shape index (κ2) is 5.59. The van der Waals surface area contributed by atoms with Gasteiger partial charge in [0.2, 0.25) is 5.91 Å². The number of hydrogen-bond donors (Lipinski definition) is 3. The van der Waals surface area contributed by atoms with Crippen LogP contribution in [0, 0.1) is 5.92 Å². The molecule has 1 amide bonds. The summed E-state index contributed by atoms with van der Waals surface area (Å²) in [6.45, 7) is 5.24. The number of carboxylic acid groups (broad SMARTS) is 1. The highest BCUT2D eigenvalue weighted by Gasteiger charge is 2.25. The number of aliphatic carboxylic acids is 1. The SMILES string of the molecule is CC[C@@H](N)C(=O)N[C@@H](C(=O)O)C(C)C. The summed E-state index contributed by atoms with van der Waals surface area (Å²) in [4.78, 5) is 22.0. The molecule has 0 aliphatic rings. The van der Waals surface area contributed by atoms with Crippen molar-refractivity contribution < 1.29 is 14.7 Å². The van der Waals surface area contributed by atoms with E-state index >= 15 is 0 Å². The molecule has 0 rings (SSSR count). The summed E-state index contributed by atoms with van der Waals surface area (Å²) >= 11 is 0. The lowest BCUT2D eigenvalue weighted by molar-refractivity contribution is -0.143. The Kier molecular flexibility index (Phi) is 5.15. The van der Waals surface area contributed by atoms with Crippen LogP contribution >= 0.6 is 0 Å². The molecule has 0 aromatic heterocycles. The Morgan fingerprint density at radius 2 is 1.93 bits per heavy atom. The molecule has 0 spiro atoms. The highest BCUT2D eigenvalue weighted by molar-refractivity contribution is 5.86. The molecule has 0 heterocycles.